The van der Waals surface area contributed by atoms with Crippen LogP contribution in [0, 0.1) is 27.7 Å². The van der Waals surface area contributed by atoms with Crippen LogP contribution in [0.25, 0.3) is 11.4 Å². The van der Waals surface area contributed by atoms with Crippen molar-refractivity contribution in [3.8, 4) is 0 Å². The van der Waals surface area contributed by atoms with Crippen molar-refractivity contribution < 1.29 is 0 Å². The second-order valence-electron chi connectivity index (χ2n) is 12.7. The van der Waals surface area contributed by atoms with Crippen LogP contribution in [0.15, 0.2) is 156 Å². The Balaban J connectivity index is 1.47. The Morgan fingerprint density at radius 1 is 0.333 bits per heavy atom. The highest BCUT2D eigenvalue weighted by atomic mass is 15.3. The maximum Gasteiger partial charge on any atom is 0.146 e. The van der Waals surface area contributed by atoms with Gasteiger partial charge in [-0.3, -0.25) is 9.80 Å². The van der Waals surface area contributed by atoms with E-state index in [2.05, 4.69) is 183 Å². The Bertz CT molecular complexity index is 2080. The van der Waals surface area contributed by atoms with Crippen LogP contribution in [0.1, 0.15) is 44.5 Å². The van der Waals surface area contributed by atoms with E-state index in [4.69, 9.17) is 9.98 Å². The number of aliphatic imine (C=N–C) groups is 2. The smallest absolute Gasteiger partial charge is 0.146 e. The molecule has 4 nitrogen and oxygen atoms in total. The Hall–Kier alpha value is -6.00. The fourth-order valence-corrected chi connectivity index (χ4v) is 6.52. The van der Waals surface area contributed by atoms with Crippen LogP contribution in [0.5, 0.6) is 0 Å². The zero-order valence-electron chi connectivity index (χ0n) is 27.6. The number of hydrogen-bond donors (Lipinski definition) is 0. The Kier molecular flexibility index (Phi) is 7.34. The molecule has 0 radical (unpaired) electrons. The molecule has 6 aromatic carbocycles. The van der Waals surface area contributed by atoms with E-state index >= 15 is 0 Å². The zero-order valence-corrected chi connectivity index (χ0v) is 27.6. The van der Waals surface area contributed by atoms with Crippen LogP contribution in [0.2, 0.25) is 0 Å². The van der Waals surface area contributed by atoms with E-state index in [1.54, 1.807) is 0 Å². The fourth-order valence-electron chi connectivity index (χ4n) is 6.52. The van der Waals surface area contributed by atoms with Gasteiger partial charge in [0.2, 0.25) is 0 Å². The molecular weight excluding hydrogens is 585 g/mol. The predicted molar refractivity (Wildman–Crippen MR) is 202 cm³/mol. The van der Waals surface area contributed by atoms with Crippen LogP contribution < -0.4 is 9.80 Å². The fraction of sp³-hybridized carbons (Fsp3) is 0.0909. The standard InChI is InChI=1S/C44H36N4/c1-29-13-21-33(22-14-29)45-43-39-11-7-5-9-37(39)41(47(43)35-25-17-31(3)18-26-35)42-38-10-6-8-12-40(38)44(46-34-23-15-30(2)16-24-34)48(42)36-27-19-32(4)20-28-36/h5-28H,1-4H3/b42-41+,45-43?,46-44?. The van der Waals surface area contributed by atoms with Crippen molar-refractivity contribution in [2.45, 2.75) is 27.7 Å². The lowest BCUT2D eigenvalue weighted by Crippen LogP contribution is -2.29. The average Bonchev–Trinajstić information content (AvgIpc) is 3.59. The first-order chi connectivity index (χ1) is 23.4. The van der Waals surface area contributed by atoms with Gasteiger partial charge in [0, 0.05) is 33.6 Å². The highest BCUT2D eigenvalue weighted by Crippen LogP contribution is 2.48. The van der Waals surface area contributed by atoms with E-state index < -0.39 is 0 Å². The summed E-state index contributed by atoms with van der Waals surface area (Å²) in [5, 5.41) is 0. The molecule has 0 fully saturated rings. The zero-order chi connectivity index (χ0) is 32.8. The summed E-state index contributed by atoms with van der Waals surface area (Å²) >= 11 is 0. The van der Waals surface area contributed by atoms with Gasteiger partial charge in [-0.15, -0.1) is 0 Å². The first kappa shape index (κ1) is 29.4. The summed E-state index contributed by atoms with van der Waals surface area (Å²) in [5.41, 5.74) is 15.3. The van der Waals surface area contributed by atoms with Crippen molar-refractivity contribution in [1.82, 2.24) is 0 Å². The van der Waals surface area contributed by atoms with E-state index in [0.29, 0.717) is 0 Å². The van der Waals surface area contributed by atoms with E-state index in [1.165, 1.54) is 22.3 Å². The molecule has 0 N–H and O–H groups in total. The lowest BCUT2D eigenvalue weighted by Gasteiger charge is -2.28. The molecule has 0 spiro atoms. The Morgan fingerprint density at radius 2 is 0.625 bits per heavy atom. The highest BCUT2D eigenvalue weighted by molar-refractivity contribution is 6.35. The molecule has 2 aliphatic heterocycles. The van der Waals surface area contributed by atoms with Gasteiger partial charge in [-0.05, 0) is 76.2 Å². The maximum atomic E-state index is 5.36. The van der Waals surface area contributed by atoms with Gasteiger partial charge in [0.15, 0.2) is 0 Å². The summed E-state index contributed by atoms with van der Waals surface area (Å²) in [6, 6.07) is 51.7. The molecule has 8 rings (SSSR count). The normalized spacial score (nSPS) is 16.9. The SMILES string of the molecule is Cc1ccc(N=C2c3ccccc3/C(=C3/c4ccccc4C(=Nc4ccc(C)cc4)N3c3ccc(C)cc3)N2c2ccc(C)cc2)cc1. The molecule has 6 aromatic rings. The first-order valence-electron chi connectivity index (χ1n) is 16.4. The lowest BCUT2D eigenvalue weighted by atomic mass is 10.0. The minimum absolute atomic E-state index is 0.895. The summed E-state index contributed by atoms with van der Waals surface area (Å²) in [6.45, 7) is 8.47. The summed E-state index contributed by atoms with van der Waals surface area (Å²) in [7, 11) is 0. The number of hydrogen-bond acceptors (Lipinski definition) is 2. The number of rotatable bonds is 4. The van der Waals surface area contributed by atoms with Gasteiger partial charge in [0.1, 0.15) is 11.7 Å². The van der Waals surface area contributed by atoms with Crippen molar-refractivity contribution in [1.29, 1.82) is 0 Å². The number of anilines is 2. The minimum Gasteiger partial charge on any atom is -0.292 e. The van der Waals surface area contributed by atoms with Crippen molar-refractivity contribution >= 4 is 45.8 Å². The number of fused-ring (bicyclic) bond motifs is 2. The average molecular weight is 621 g/mol. The van der Waals surface area contributed by atoms with Crippen LogP contribution in [0.3, 0.4) is 0 Å². The Labute approximate surface area is 282 Å². The molecule has 48 heavy (non-hydrogen) atoms. The Morgan fingerprint density at radius 3 is 0.958 bits per heavy atom. The van der Waals surface area contributed by atoms with Crippen molar-refractivity contribution in [3.05, 3.63) is 190 Å². The highest BCUT2D eigenvalue weighted by Gasteiger charge is 2.41. The lowest BCUT2D eigenvalue weighted by molar-refractivity contribution is 1.32. The second-order valence-corrected chi connectivity index (χ2v) is 12.7. The molecular formula is C44H36N4. The number of amidine groups is 2. The summed E-state index contributed by atoms with van der Waals surface area (Å²) in [5.74, 6) is 1.79. The van der Waals surface area contributed by atoms with E-state index in [1.807, 2.05) is 0 Å². The van der Waals surface area contributed by atoms with Crippen LogP contribution in [-0.4, -0.2) is 11.7 Å². The molecule has 0 saturated heterocycles. The van der Waals surface area contributed by atoms with E-state index in [9.17, 15) is 0 Å². The summed E-state index contributed by atoms with van der Waals surface area (Å²) in [6.07, 6.45) is 0. The molecule has 0 saturated carbocycles. The predicted octanol–water partition coefficient (Wildman–Crippen LogP) is 10.9. The van der Waals surface area contributed by atoms with Crippen molar-refractivity contribution in [2.24, 2.45) is 9.98 Å². The second kappa shape index (κ2) is 12.0. The van der Waals surface area contributed by atoms with Crippen LogP contribution in [-0.2, 0) is 0 Å². The van der Waals surface area contributed by atoms with Crippen LogP contribution in [0.4, 0.5) is 22.7 Å². The number of benzene rings is 6. The molecule has 0 atom stereocenters. The first-order valence-corrected chi connectivity index (χ1v) is 16.4. The molecule has 232 valence electrons. The van der Waals surface area contributed by atoms with Crippen molar-refractivity contribution in [2.75, 3.05) is 9.80 Å². The molecule has 2 aliphatic rings. The molecule has 0 bridgehead atoms. The van der Waals surface area contributed by atoms with Gasteiger partial charge in [-0.25, -0.2) is 9.98 Å². The van der Waals surface area contributed by atoms with Gasteiger partial charge in [0.05, 0.1) is 22.8 Å². The van der Waals surface area contributed by atoms with E-state index in [0.717, 1.165) is 68.1 Å². The molecule has 0 unspecified atom stereocenters. The van der Waals surface area contributed by atoms with E-state index in [-0.39, 0.29) is 0 Å². The minimum atomic E-state index is 0.895. The van der Waals surface area contributed by atoms with Gasteiger partial charge >= 0.3 is 0 Å². The molecule has 0 aromatic heterocycles. The molecule has 0 amide bonds. The molecule has 2 heterocycles. The quantitative estimate of drug-likeness (QED) is 0.196. The maximum absolute atomic E-state index is 5.36. The van der Waals surface area contributed by atoms with Gasteiger partial charge < -0.3 is 0 Å². The molecule has 0 aliphatic carbocycles. The summed E-state index contributed by atoms with van der Waals surface area (Å²) < 4.78 is 0. The third kappa shape index (κ3) is 5.22. The number of aryl methyl sites for hydroxylation is 4. The largest absolute Gasteiger partial charge is 0.292 e. The van der Waals surface area contributed by atoms with Crippen LogP contribution >= 0.6 is 0 Å². The molecule has 4 heteroatoms. The van der Waals surface area contributed by atoms with Gasteiger partial charge in [-0.2, -0.15) is 0 Å². The topological polar surface area (TPSA) is 31.2 Å². The van der Waals surface area contributed by atoms with Crippen molar-refractivity contribution in [3.63, 3.8) is 0 Å². The third-order valence-electron chi connectivity index (χ3n) is 9.06. The van der Waals surface area contributed by atoms with Gasteiger partial charge in [-0.1, -0.05) is 119 Å². The third-order valence-corrected chi connectivity index (χ3v) is 9.06. The summed E-state index contributed by atoms with van der Waals surface area (Å²) in [4.78, 5) is 15.4. The van der Waals surface area contributed by atoms with Gasteiger partial charge in [0.25, 0.3) is 0 Å². The number of nitrogens with zero attached hydrogens (tertiary/aromatic N) is 4. The monoisotopic (exact) mass is 620 g/mol.